The summed E-state index contributed by atoms with van der Waals surface area (Å²) in [6.07, 6.45) is 7.00. The van der Waals surface area contributed by atoms with Gasteiger partial charge < -0.3 is 10.2 Å². The Kier molecular flexibility index (Phi) is 2.82. The zero-order valence-corrected chi connectivity index (χ0v) is 10.8. The second kappa shape index (κ2) is 4.33. The van der Waals surface area contributed by atoms with Crippen LogP contribution >= 0.6 is 0 Å². The lowest BCUT2D eigenvalue weighted by molar-refractivity contribution is 0.376. The van der Waals surface area contributed by atoms with E-state index in [0.29, 0.717) is 12.1 Å². The van der Waals surface area contributed by atoms with E-state index in [2.05, 4.69) is 35.4 Å². The number of nitrogens with one attached hydrogen (secondary N) is 1. The summed E-state index contributed by atoms with van der Waals surface area (Å²) in [4.78, 5) is 2.51. The van der Waals surface area contributed by atoms with Gasteiger partial charge in [0.1, 0.15) is 0 Å². The minimum absolute atomic E-state index is 0.569. The van der Waals surface area contributed by atoms with Crippen molar-refractivity contribution in [2.75, 3.05) is 18.0 Å². The van der Waals surface area contributed by atoms with E-state index in [9.17, 15) is 0 Å². The summed E-state index contributed by atoms with van der Waals surface area (Å²) in [5.74, 6) is 0.922. The Labute approximate surface area is 103 Å². The zero-order chi connectivity index (χ0) is 11.8. The van der Waals surface area contributed by atoms with Crippen molar-refractivity contribution >= 4 is 5.69 Å². The summed E-state index contributed by atoms with van der Waals surface area (Å²) in [5.41, 5.74) is 1.28. The van der Waals surface area contributed by atoms with Gasteiger partial charge in [0.15, 0.2) is 0 Å². The predicted molar refractivity (Wildman–Crippen MR) is 69.2 cm³/mol. The summed E-state index contributed by atoms with van der Waals surface area (Å²) in [5, 5.41) is 8.07. The highest BCUT2D eigenvalue weighted by Crippen LogP contribution is 2.35. The summed E-state index contributed by atoms with van der Waals surface area (Å²) in [6.45, 7) is 7.61. The minimum Gasteiger partial charge on any atom is -0.363 e. The Morgan fingerprint density at radius 1 is 1.47 bits per heavy atom. The average molecular weight is 234 g/mol. The molecule has 0 radical (unpaired) electrons. The highest BCUT2D eigenvalue weighted by Gasteiger charge is 2.36. The maximum absolute atomic E-state index is 4.38. The van der Waals surface area contributed by atoms with Crippen molar-refractivity contribution < 1.29 is 0 Å². The van der Waals surface area contributed by atoms with E-state index in [1.807, 2.05) is 10.9 Å². The number of piperazine rings is 1. The second-order valence-electron chi connectivity index (χ2n) is 5.41. The van der Waals surface area contributed by atoms with Gasteiger partial charge in [-0.25, -0.2) is 0 Å². The van der Waals surface area contributed by atoms with Crippen molar-refractivity contribution in [3.63, 3.8) is 0 Å². The first-order chi connectivity index (χ1) is 8.28. The van der Waals surface area contributed by atoms with Gasteiger partial charge in [-0.2, -0.15) is 5.10 Å². The Bertz CT molecular complexity index is 383. The Hall–Kier alpha value is -1.03. The van der Waals surface area contributed by atoms with Crippen LogP contribution in [0.3, 0.4) is 0 Å². The minimum atomic E-state index is 0.569. The lowest BCUT2D eigenvalue weighted by atomic mass is 10.1. The van der Waals surface area contributed by atoms with E-state index in [-0.39, 0.29) is 0 Å². The van der Waals surface area contributed by atoms with Crippen LogP contribution in [0.25, 0.3) is 0 Å². The van der Waals surface area contributed by atoms with Crippen LogP contribution in [-0.4, -0.2) is 35.0 Å². The van der Waals surface area contributed by atoms with Crippen LogP contribution in [-0.2, 0) is 6.54 Å². The SMILES string of the molecule is CCn1cc(N2CC(C3CC3)NCC2C)cn1. The van der Waals surface area contributed by atoms with Crippen molar-refractivity contribution in [1.29, 1.82) is 0 Å². The van der Waals surface area contributed by atoms with Crippen molar-refractivity contribution in [1.82, 2.24) is 15.1 Å². The molecule has 1 N–H and O–H groups in total. The van der Waals surface area contributed by atoms with Crippen LogP contribution in [0.5, 0.6) is 0 Å². The molecule has 17 heavy (non-hydrogen) atoms. The molecule has 1 aliphatic heterocycles. The topological polar surface area (TPSA) is 33.1 Å². The molecule has 1 aromatic rings. The Morgan fingerprint density at radius 2 is 2.29 bits per heavy atom. The van der Waals surface area contributed by atoms with E-state index in [1.54, 1.807) is 0 Å². The van der Waals surface area contributed by atoms with E-state index >= 15 is 0 Å². The smallest absolute Gasteiger partial charge is 0.0755 e. The first-order valence-corrected chi connectivity index (χ1v) is 6.80. The van der Waals surface area contributed by atoms with E-state index in [4.69, 9.17) is 0 Å². The number of rotatable bonds is 3. The normalized spacial score (nSPS) is 29.6. The van der Waals surface area contributed by atoms with Gasteiger partial charge in [0.25, 0.3) is 0 Å². The van der Waals surface area contributed by atoms with Crippen LogP contribution in [0.15, 0.2) is 12.4 Å². The fourth-order valence-electron chi connectivity index (χ4n) is 2.74. The van der Waals surface area contributed by atoms with Crippen molar-refractivity contribution in [2.45, 2.75) is 45.3 Å². The Morgan fingerprint density at radius 3 is 2.94 bits per heavy atom. The van der Waals surface area contributed by atoms with Gasteiger partial charge >= 0.3 is 0 Å². The molecule has 0 aromatic carbocycles. The summed E-state index contributed by atoms with van der Waals surface area (Å²) >= 11 is 0. The molecule has 1 saturated heterocycles. The highest BCUT2D eigenvalue weighted by molar-refractivity contribution is 5.44. The van der Waals surface area contributed by atoms with Crippen molar-refractivity contribution in [2.24, 2.45) is 5.92 Å². The quantitative estimate of drug-likeness (QED) is 0.860. The number of anilines is 1. The van der Waals surface area contributed by atoms with Crippen LogP contribution in [0.2, 0.25) is 0 Å². The molecule has 1 aliphatic carbocycles. The predicted octanol–water partition coefficient (Wildman–Crippen LogP) is 1.48. The molecule has 4 nitrogen and oxygen atoms in total. The molecule has 2 heterocycles. The van der Waals surface area contributed by atoms with E-state index in [1.165, 1.54) is 18.5 Å². The van der Waals surface area contributed by atoms with Gasteiger partial charge in [0.2, 0.25) is 0 Å². The fourth-order valence-corrected chi connectivity index (χ4v) is 2.74. The largest absolute Gasteiger partial charge is 0.363 e. The molecule has 0 bridgehead atoms. The molecule has 0 amide bonds. The maximum atomic E-state index is 4.38. The molecular weight excluding hydrogens is 212 g/mol. The molecule has 94 valence electrons. The van der Waals surface area contributed by atoms with E-state index < -0.39 is 0 Å². The summed E-state index contributed by atoms with van der Waals surface area (Å²) < 4.78 is 2.01. The van der Waals surface area contributed by atoms with Crippen LogP contribution < -0.4 is 10.2 Å². The van der Waals surface area contributed by atoms with E-state index in [0.717, 1.165) is 25.6 Å². The monoisotopic (exact) mass is 234 g/mol. The second-order valence-corrected chi connectivity index (χ2v) is 5.41. The van der Waals surface area contributed by atoms with Crippen molar-refractivity contribution in [3.8, 4) is 0 Å². The molecule has 2 atom stereocenters. The standard InChI is InChI=1S/C13H22N4/c1-3-16-8-12(7-15-16)17-9-13(11-4-5-11)14-6-10(17)2/h7-8,10-11,13-14H,3-6,9H2,1-2H3. The van der Waals surface area contributed by atoms with Gasteiger partial charge in [0.05, 0.1) is 11.9 Å². The fraction of sp³-hybridized carbons (Fsp3) is 0.769. The molecule has 2 fully saturated rings. The number of hydrogen-bond acceptors (Lipinski definition) is 3. The lowest BCUT2D eigenvalue weighted by Crippen LogP contribution is -2.56. The first-order valence-electron chi connectivity index (χ1n) is 6.80. The molecule has 2 unspecified atom stereocenters. The molecule has 3 rings (SSSR count). The van der Waals surface area contributed by atoms with Gasteiger partial charge in [-0.05, 0) is 32.6 Å². The van der Waals surface area contributed by atoms with Gasteiger partial charge in [-0.3, -0.25) is 4.68 Å². The van der Waals surface area contributed by atoms with Gasteiger partial charge in [0, 0.05) is 37.9 Å². The first kappa shape index (κ1) is 11.1. The third-order valence-electron chi connectivity index (χ3n) is 4.07. The van der Waals surface area contributed by atoms with Crippen LogP contribution in [0, 0.1) is 5.92 Å². The maximum Gasteiger partial charge on any atom is 0.0755 e. The zero-order valence-electron chi connectivity index (χ0n) is 10.8. The molecule has 1 saturated carbocycles. The number of aryl methyl sites for hydroxylation is 1. The van der Waals surface area contributed by atoms with Crippen molar-refractivity contribution in [3.05, 3.63) is 12.4 Å². The highest BCUT2D eigenvalue weighted by atomic mass is 15.3. The molecule has 2 aliphatic rings. The molecule has 1 aromatic heterocycles. The van der Waals surface area contributed by atoms with Crippen LogP contribution in [0.1, 0.15) is 26.7 Å². The molecule has 0 spiro atoms. The van der Waals surface area contributed by atoms with Gasteiger partial charge in [-0.1, -0.05) is 0 Å². The number of hydrogen-bond donors (Lipinski definition) is 1. The summed E-state index contributed by atoms with van der Waals surface area (Å²) in [7, 11) is 0. The third-order valence-corrected chi connectivity index (χ3v) is 4.07. The van der Waals surface area contributed by atoms with Gasteiger partial charge in [-0.15, -0.1) is 0 Å². The molecule has 4 heteroatoms. The Balaban J connectivity index is 1.74. The molecular formula is C13H22N4. The summed E-state index contributed by atoms with van der Waals surface area (Å²) in [6, 6.07) is 1.26. The van der Waals surface area contributed by atoms with Crippen LogP contribution in [0.4, 0.5) is 5.69 Å². The number of nitrogens with zero attached hydrogens (tertiary/aromatic N) is 3. The number of aromatic nitrogens is 2. The average Bonchev–Trinajstić information content (AvgIpc) is 3.08. The third kappa shape index (κ3) is 2.18. The lowest BCUT2D eigenvalue weighted by Gasteiger charge is -2.39.